The average molecular weight is 383 g/mol. The smallest absolute Gasteiger partial charge is 0.244 e. The molecule has 0 saturated carbocycles. The van der Waals surface area contributed by atoms with Gasteiger partial charge in [-0.2, -0.15) is 0 Å². The number of amides is 2. The van der Waals surface area contributed by atoms with Crippen molar-refractivity contribution in [1.82, 2.24) is 4.90 Å². The van der Waals surface area contributed by atoms with Gasteiger partial charge in [-0.25, -0.2) is 0 Å². The van der Waals surface area contributed by atoms with Gasteiger partial charge in [-0.3, -0.25) is 9.59 Å². The third kappa shape index (κ3) is 6.41. The number of rotatable bonds is 9. The predicted octanol–water partition coefficient (Wildman–Crippen LogP) is 4.26. The fourth-order valence-electron chi connectivity index (χ4n) is 2.86. The van der Waals surface area contributed by atoms with Crippen LogP contribution in [0.5, 0.6) is 5.75 Å². The van der Waals surface area contributed by atoms with Crippen molar-refractivity contribution in [2.45, 2.75) is 40.5 Å². The summed E-state index contributed by atoms with van der Waals surface area (Å²) in [4.78, 5) is 26.5. The molecule has 0 unspecified atom stereocenters. The number of benzene rings is 2. The summed E-state index contributed by atoms with van der Waals surface area (Å²) in [5.41, 5.74) is 4.13. The highest BCUT2D eigenvalue weighted by molar-refractivity contribution is 5.95. The Hall–Kier alpha value is -2.82. The standard InChI is InChI=1S/C23H30N2O3/c1-5-13-25(16-22(26)24-21-9-7-6-8-18(21)3)23(27)12-14-28-20-11-10-17(2)19(4)15-20/h6-11,15H,5,12-14,16H2,1-4H3,(H,24,26). The van der Waals surface area contributed by atoms with E-state index < -0.39 is 0 Å². The van der Waals surface area contributed by atoms with Crippen molar-refractivity contribution in [2.24, 2.45) is 0 Å². The van der Waals surface area contributed by atoms with Crippen molar-refractivity contribution in [3.63, 3.8) is 0 Å². The molecule has 0 fully saturated rings. The Balaban J connectivity index is 1.87. The van der Waals surface area contributed by atoms with Gasteiger partial charge in [0.15, 0.2) is 0 Å². The summed E-state index contributed by atoms with van der Waals surface area (Å²) in [7, 11) is 0. The lowest BCUT2D eigenvalue weighted by atomic mass is 10.1. The molecular formula is C23H30N2O3. The number of anilines is 1. The molecule has 2 aromatic carbocycles. The highest BCUT2D eigenvalue weighted by Gasteiger charge is 2.17. The van der Waals surface area contributed by atoms with Gasteiger partial charge in [0, 0.05) is 12.2 Å². The molecule has 0 aliphatic rings. The van der Waals surface area contributed by atoms with E-state index in [1.54, 1.807) is 4.90 Å². The minimum atomic E-state index is -0.189. The van der Waals surface area contributed by atoms with Crippen LogP contribution in [0.3, 0.4) is 0 Å². The molecule has 0 aliphatic carbocycles. The monoisotopic (exact) mass is 382 g/mol. The van der Waals surface area contributed by atoms with E-state index in [4.69, 9.17) is 4.74 Å². The number of para-hydroxylation sites is 1. The van der Waals surface area contributed by atoms with E-state index in [1.807, 2.05) is 70.2 Å². The zero-order valence-corrected chi connectivity index (χ0v) is 17.2. The molecule has 0 saturated heterocycles. The SMILES string of the molecule is CCCN(CC(=O)Nc1ccccc1C)C(=O)CCOc1ccc(C)c(C)c1. The van der Waals surface area contributed by atoms with E-state index >= 15 is 0 Å². The summed E-state index contributed by atoms with van der Waals surface area (Å²) >= 11 is 0. The molecule has 2 amide bonds. The normalized spacial score (nSPS) is 10.4. The van der Waals surface area contributed by atoms with Gasteiger partial charge in [0.25, 0.3) is 0 Å². The number of carbonyl (C=O) groups is 2. The van der Waals surface area contributed by atoms with Crippen LogP contribution in [0.2, 0.25) is 0 Å². The summed E-state index contributed by atoms with van der Waals surface area (Å²) in [5, 5.41) is 2.88. The van der Waals surface area contributed by atoms with Gasteiger partial charge in [-0.15, -0.1) is 0 Å². The van der Waals surface area contributed by atoms with Gasteiger partial charge in [0.1, 0.15) is 5.75 Å². The molecule has 0 bridgehead atoms. The number of hydrogen-bond acceptors (Lipinski definition) is 3. The highest BCUT2D eigenvalue weighted by Crippen LogP contribution is 2.17. The molecule has 1 N–H and O–H groups in total. The Labute approximate surface area is 167 Å². The largest absolute Gasteiger partial charge is 0.493 e. The molecule has 0 radical (unpaired) electrons. The molecular weight excluding hydrogens is 352 g/mol. The van der Waals surface area contributed by atoms with E-state index in [2.05, 4.69) is 5.32 Å². The van der Waals surface area contributed by atoms with E-state index in [0.717, 1.165) is 29.0 Å². The Morgan fingerprint density at radius 3 is 2.43 bits per heavy atom. The third-order valence-electron chi connectivity index (χ3n) is 4.66. The Morgan fingerprint density at radius 2 is 1.75 bits per heavy atom. The van der Waals surface area contributed by atoms with Crippen LogP contribution in [0.4, 0.5) is 5.69 Å². The summed E-state index contributed by atoms with van der Waals surface area (Å²) in [6, 6.07) is 13.5. The first-order chi connectivity index (χ1) is 13.4. The van der Waals surface area contributed by atoms with E-state index in [-0.39, 0.29) is 24.8 Å². The van der Waals surface area contributed by atoms with Crippen LogP contribution >= 0.6 is 0 Å². The van der Waals surface area contributed by atoms with Gasteiger partial charge in [0.05, 0.1) is 19.6 Å². The molecule has 28 heavy (non-hydrogen) atoms. The lowest BCUT2D eigenvalue weighted by Crippen LogP contribution is -2.39. The van der Waals surface area contributed by atoms with Gasteiger partial charge >= 0.3 is 0 Å². The fraction of sp³-hybridized carbons (Fsp3) is 0.391. The zero-order valence-electron chi connectivity index (χ0n) is 17.2. The van der Waals surface area contributed by atoms with Crippen LogP contribution in [-0.2, 0) is 9.59 Å². The topological polar surface area (TPSA) is 58.6 Å². The van der Waals surface area contributed by atoms with Crippen molar-refractivity contribution in [3.05, 3.63) is 59.2 Å². The highest BCUT2D eigenvalue weighted by atomic mass is 16.5. The summed E-state index contributed by atoms with van der Waals surface area (Å²) < 4.78 is 5.71. The first-order valence-corrected chi connectivity index (χ1v) is 9.74. The fourth-order valence-corrected chi connectivity index (χ4v) is 2.86. The second kappa shape index (κ2) is 10.5. The molecule has 0 spiro atoms. The maximum Gasteiger partial charge on any atom is 0.244 e. The quantitative estimate of drug-likeness (QED) is 0.705. The van der Waals surface area contributed by atoms with Crippen LogP contribution in [-0.4, -0.2) is 36.4 Å². The maximum atomic E-state index is 12.6. The maximum absolute atomic E-state index is 12.6. The average Bonchev–Trinajstić information content (AvgIpc) is 2.66. The van der Waals surface area contributed by atoms with Gasteiger partial charge < -0.3 is 15.0 Å². The van der Waals surface area contributed by atoms with Crippen LogP contribution in [0.15, 0.2) is 42.5 Å². The molecule has 2 rings (SSSR count). The molecule has 2 aromatic rings. The molecule has 150 valence electrons. The molecule has 0 heterocycles. The van der Waals surface area contributed by atoms with Gasteiger partial charge in [-0.05, 0) is 62.1 Å². The summed E-state index contributed by atoms with van der Waals surface area (Å²) in [6.45, 7) is 8.89. The molecule has 0 atom stereocenters. The van der Waals surface area contributed by atoms with E-state index in [9.17, 15) is 9.59 Å². The van der Waals surface area contributed by atoms with Crippen molar-refractivity contribution >= 4 is 17.5 Å². The van der Waals surface area contributed by atoms with Crippen molar-refractivity contribution < 1.29 is 14.3 Å². The Kier molecular flexibility index (Phi) is 8.05. The Morgan fingerprint density at radius 1 is 1.00 bits per heavy atom. The van der Waals surface area contributed by atoms with Crippen molar-refractivity contribution in [2.75, 3.05) is 25.0 Å². The summed E-state index contributed by atoms with van der Waals surface area (Å²) in [5.74, 6) is 0.493. The first-order valence-electron chi connectivity index (χ1n) is 9.74. The zero-order chi connectivity index (χ0) is 20.5. The second-order valence-corrected chi connectivity index (χ2v) is 7.02. The predicted molar refractivity (Wildman–Crippen MR) is 113 cm³/mol. The minimum absolute atomic E-state index is 0.0463. The second-order valence-electron chi connectivity index (χ2n) is 7.02. The van der Waals surface area contributed by atoms with Gasteiger partial charge in [-0.1, -0.05) is 31.2 Å². The third-order valence-corrected chi connectivity index (χ3v) is 4.66. The van der Waals surface area contributed by atoms with Crippen LogP contribution in [0, 0.1) is 20.8 Å². The lowest BCUT2D eigenvalue weighted by Gasteiger charge is -2.22. The number of nitrogens with zero attached hydrogens (tertiary/aromatic N) is 1. The van der Waals surface area contributed by atoms with Crippen molar-refractivity contribution in [3.8, 4) is 5.75 Å². The first kappa shape index (κ1) is 21.5. The number of hydrogen-bond donors (Lipinski definition) is 1. The number of carbonyl (C=O) groups excluding carboxylic acids is 2. The van der Waals surface area contributed by atoms with Crippen LogP contribution in [0.25, 0.3) is 0 Å². The number of aryl methyl sites for hydroxylation is 3. The molecule has 0 aliphatic heterocycles. The lowest BCUT2D eigenvalue weighted by molar-refractivity contribution is -0.135. The Bertz CT molecular complexity index is 817. The minimum Gasteiger partial charge on any atom is -0.493 e. The molecule has 5 nitrogen and oxygen atoms in total. The molecule has 0 aromatic heterocycles. The van der Waals surface area contributed by atoms with E-state index in [0.29, 0.717) is 13.2 Å². The van der Waals surface area contributed by atoms with Gasteiger partial charge in [0.2, 0.25) is 11.8 Å². The van der Waals surface area contributed by atoms with Crippen LogP contribution in [0.1, 0.15) is 36.5 Å². The van der Waals surface area contributed by atoms with Crippen molar-refractivity contribution in [1.29, 1.82) is 0 Å². The van der Waals surface area contributed by atoms with Crippen LogP contribution < -0.4 is 10.1 Å². The van der Waals surface area contributed by atoms with E-state index in [1.165, 1.54) is 5.56 Å². The number of ether oxygens (including phenoxy) is 1. The molecule has 5 heteroatoms. The number of nitrogens with one attached hydrogen (secondary N) is 1. The summed E-state index contributed by atoms with van der Waals surface area (Å²) in [6.07, 6.45) is 1.03.